The predicted octanol–water partition coefficient (Wildman–Crippen LogP) is 0.602. The Labute approximate surface area is 286 Å². The molecule has 4 N–H and O–H groups in total. The molecule has 3 atom stereocenters. The molecule has 0 spiro atoms. The molecule has 21 heteroatoms. The summed E-state index contributed by atoms with van der Waals surface area (Å²) in [6.07, 6.45) is 2.09. The summed E-state index contributed by atoms with van der Waals surface area (Å²) in [6, 6.07) is -4.42. The monoisotopic (exact) mass is 720 g/mol. The number of fused-ring (bicyclic) bond motifs is 1. The van der Waals surface area contributed by atoms with Gasteiger partial charge < -0.3 is 34.9 Å². The van der Waals surface area contributed by atoms with Crippen LogP contribution in [0.3, 0.4) is 0 Å². The first-order valence-corrected chi connectivity index (χ1v) is 16.6. The SMILES string of the molecule is CC(=O)OCC1=C(C(=O)O)N2C(=O)[C@@H](NC(=O)C(NC(=O)N3CCN(N=C4C=COC4)C3=O)c3csc(=NC(=O)OC(C)(C)C)[nH]3)[C@H]2SC1. The number of nitrogens with one attached hydrogen (secondary N) is 3. The van der Waals surface area contributed by atoms with E-state index in [2.05, 4.69) is 25.7 Å². The predicted molar refractivity (Wildman–Crippen MR) is 169 cm³/mol. The van der Waals surface area contributed by atoms with Gasteiger partial charge in [-0.15, -0.1) is 28.1 Å². The fourth-order valence-electron chi connectivity index (χ4n) is 4.90. The highest BCUT2D eigenvalue weighted by Gasteiger charge is 2.54. The zero-order valence-corrected chi connectivity index (χ0v) is 28.2. The number of carbonyl (C=O) groups excluding carboxylic acids is 6. The lowest BCUT2D eigenvalue weighted by Gasteiger charge is -2.49. The Hall–Kier alpha value is -5.18. The van der Waals surface area contributed by atoms with Gasteiger partial charge in [-0.3, -0.25) is 19.3 Å². The molecule has 49 heavy (non-hydrogen) atoms. The second-order valence-corrected chi connectivity index (χ2v) is 13.8. The van der Waals surface area contributed by atoms with Crippen LogP contribution in [0, 0.1) is 0 Å². The van der Waals surface area contributed by atoms with Crippen LogP contribution in [0.25, 0.3) is 0 Å². The molecule has 0 saturated carbocycles. The van der Waals surface area contributed by atoms with E-state index < -0.39 is 65.0 Å². The van der Waals surface area contributed by atoms with Gasteiger partial charge in [-0.05, 0) is 26.8 Å². The lowest BCUT2D eigenvalue weighted by Crippen LogP contribution is -2.71. The summed E-state index contributed by atoms with van der Waals surface area (Å²) in [5, 5.41) is 20.8. The third kappa shape index (κ3) is 7.94. The van der Waals surface area contributed by atoms with E-state index in [1.807, 2.05) is 0 Å². The number of nitrogens with zero attached hydrogens (tertiary/aromatic N) is 5. The van der Waals surface area contributed by atoms with Crippen LogP contribution in [-0.4, -0.2) is 122 Å². The summed E-state index contributed by atoms with van der Waals surface area (Å²) in [5.74, 6) is -3.55. The van der Waals surface area contributed by atoms with E-state index in [0.717, 1.165) is 37.9 Å². The second kappa shape index (κ2) is 14.1. The van der Waals surface area contributed by atoms with Crippen LogP contribution in [0.4, 0.5) is 14.4 Å². The summed E-state index contributed by atoms with van der Waals surface area (Å²) in [7, 11) is 0. The molecule has 5 heterocycles. The fourth-order valence-corrected chi connectivity index (χ4v) is 6.97. The van der Waals surface area contributed by atoms with Crippen LogP contribution in [-0.2, 0) is 33.4 Å². The maximum atomic E-state index is 13.8. The topological polar surface area (TPSA) is 242 Å². The van der Waals surface area contributed by atoms with Gasteiger partial charge in [-0.2, -0.15) is 5.10 Å². The largest absolute Gasteiger partial charge is 0.495 e. The summed E-state index contributed by atoms with van der Waals surface area (Å²) in [5.41, 5.74) is -0.417. The number of rotatable bonds is 8. The summed E-state index contributed by atoms with van der Waals surface area (Å²) < 4.78 is 15.2. The molecule has 4 aliphatic heterocycles. The minimum atomic E-state index is -1.53. The Morgan fingerprint density at radius 3 is 2.61 bits per heavy atom. The number of hydrogen-bond acceptors (Lipinski definition) is 13. The number of carboxylic acid groups (broad SMARTS) is 1. The number of aromatic nitrogens is 1. The number of urea groups is 2. The van der Waals surface area contributed by atoms with E-state index in [1.54, 1.807) is 26.8 Å². The number of aliphatic carboxylic acids is 1. The number of imide groups is 1. The van der Waals surface area contributed by atoms with Crippen molar-refractivity contribution in [2.45, 2.75) is 50.8 Å². The van der Waals surface area contributed by atoms with E-state index in [0.29, 0.717) is 5.71 Å². The molecule has 2 saturated heterocycles. The van der Waals surface area contributed by atoms with Crippen molar-refractivity contribution < 1.29 is 52.9 Å². The standard InChI is InChI=1S/C28H32N8O11S2/c1-13(37)46-9-14-11-48-22-18(21(39)36(22)19(14)23(40)41)30-20(38)17(16-12-49-24(29-16)32-26(43)47-28(2,3)4)31-25(42)34-6-7-35(27(34)44)33-15-5-8-45-10-15/h5,8,12,17-18,22H,6-7,9-11H2,1-4H3,(H,30,38)(H,31,42)(H,40,41)(H,29,32,43)/t17?,18-,22-/m1/s1. The number of hydrogen-bond donors (Lipinski definition) is 4. The first-order chi connectivity index (χ1) is 23.1. The number of H-pyrrole nitrogens is 1. The molecule has 5 rings (SSSR count). The Balaban J connectivity index is 1.36. The van der Waals surface area contributed by atoms with Crippen LogP contribution in [0.15, 0.2) is 39.1 Å². The van der Waals surface area contributed by atoms with Crippen LogP contribution >= 0.6 is 23.1 Å². The van der Waals surface area contributed by atoms with Crippen molar-refractivity contribution >= 4 is 70.7 Å². The zero-order valence-electron chi connectivity index (χ0n) is 26.6. The number of amides is 7. The van der Waals surface area contributed by atoms with E-state index >= 15 is 0 Å². The summed E-state index contributed by atoms with van der Waals surface area (Å²) in [6.45, 7) is 6.02. The molecule has 0 bridgehead atoms. The van der Waals surface area contributed by atoms with Crippen molar-refractivity contribution in [3.8, 4) is 0 Å². The van der Waals surface area contributed by atoms with Crippen LogP contribution in [0.2, 0.25) is 0 Å². The van der Waals surface area contributed by atoms with Gasteiger partial charge in [0.25, 0.3) is 5.91 Å². The maximum absolute atomic E-state index is 13.8. The molecule has 4 aliphatic rings. The quantitative estimate of drug-likeness (QED) is 0.213. The fraction of sp³-hybridized carbons (Fsp3) is 0.464. The van der Waals surface area contributed by atoms with Crippen molar-refractivity contribution in [1.82, 2.24) is 30.4 Å². The minimum absolute atomic E-state index is 0.0349. The summed E-state index contributed by atoms with van der Waals surface area (Å²) >= 11 is 2.08. The van der Waals surface area contributed by atoms with E-state index in [9.17, 15) is 38.7 Å². The highest BCUT2D eigenvalue weighted by Crippen LogP contribution is 2.40. The van der Waals surface area contributed by atoms with Gasteiger partial charge in [-0.1, -0.05) is 0 Å². The van der Waals surface area contributed by atoms with Crippen LogP contribution in [0.1, 0.15) is 39.4 Å². The molecule has 1 aromatic rings. The molecule has 19 nitrogen and oxygen atoms in total. The Morgan fingerprint density at radius 2 is 1.96 bits per heavy atom. The minimum Gasteiger partial charge on any atom is -0.495 e. The number of aromatic amines is 1. The zero-order chi connectivity index (χ0) is 35.6. The van der Waals surface area contributed by atoms with Crippen LogP contribution < -0.4 is 15.4 Å². The van der Waals surface area contributed by atoms with Gasteiger partial charge >= 0.3 is 30.1 Å². The third-order valence-corrected chi connectivity index (χ3v) is 9.17. The van der Waals surface area contributed by atoms with E-state index in [1.165, 1.54) is 18.6 Å². The molecular weight excluding hydrogens is 688 g/mol. The van der Waals surface area contributed by atoms with Crippen molar-refractivity contribution in [3.63, 3.8) is 0 Å². The summed E-state index contributed by atoms with van der Waals surface area (Å²) in [4.78, 5) is 97.6. The molecule has 0 aliphatic carbocycles. The van der Waals surface area contributed by atoms with E-state index in [4.69, 9.17) is 14.2 Å². The molecule has 7 amide bonds. The third-order valence-electron chi connectivity index (χ3n) is 7.04. The van der Waals surface area contributed by atoms with Gasteiger partial charge in [0.1, 0.15) is 41.6 Å². The van der Waals surface area contributed by atoms with Crippen molar-refractivity contribution in [3.05, 3.63) is 39.5 Å². The number of ether oxygens (including phenoxy) is 3. The molecule has 1 aromatic heterocycles. The van der Waals surface area contributed by atoms with Gasteiger partial charge in [-0.25, -0.2) is 29.1 Å². The number of hydrazone groups is 1. The van der Waals surface area contributed by atoms with E-state index in [-0.39, 0.29) is 53.8 Å². The normalized spacial score (nSPS) is 22.1. The number of esters is 1. The first-order valence-electron chi connectivity index (χ1n) is 14.7. The Morgan fingerprint density at radius 1 is 1.20 bits per heavy atom. The number of thiazole rings is 1. The van der Waals surface area contributed by atoms with Crippen LogP contribution in [0.5, 0.6) is 0 Å². The Bertz CT molecular complexity index is 1760. The molecule has 262 valence electrons. The highest BCUT2D eigenvalue weighted by molar-refractivity contribution is 8.00. The Kier molecular flexibility index (Phi) is 10.1. The number of carboxylic acids is 1. The average Bonchev–Trinajstić information content (AvgIpc) is 3.78. The van der Waals surface area contributed by atoms with Crippen molar-refractivity contribution in [2.24, 2.45) is 10.1 Å². The molecule has 0 aromatic carbocycles. The lowest BCUT2D eigenvalue weighted by atomic mass is 10.0. The van der Waals surface area contributed by atoms with Crippen molar-refractivity contribution in [1.29, 1.82) is 0 Å². The maximum Gasteiger partial charge on any atom is 0.436 e. The molecule has 1 unspecified atom stereocenters. The second-order valence-electron chi connectivity index (χ2n) is 11.8. The van der Waals surface area contributed by atoms with Gasteiger partial charge in [0.05, 0.1) is 25.0 Å². The number of β-lactam (4-membered cyclic amide) rings is 1. The van der Waals surface area contributed by atoms with Gasteiger partial charge in [0, 0.05) is 23.6 Å². The number of carbonyl (C=O) groups is 7. The van der Waals surface area contributed by atoms with Gasteiger partial charge in [0.15, 0.2) is 10.8 Å². The van der Waals surface area contributed by atoms with Crippen molar-refractivity contribution in [2.75, 3.05) is 32.1 Å². The molecule has 2 fully saturated rings. The van der Waals surface area contributed by atoms with Gasteiger partial charge in [0.2, 0.25) is 5.91 Å². The first kappa shape index (κ1) is 35.1. The average molecular weight is 721 g/mol. The number of thioether (sulfide) groups is 1. The molecule has 0 radical (unpaired) electrons. The smallest absolute Gasteiger partial charge is 0.436 e. The highest BCUT2D eigenvalue weighted by atomic mass is 32.2. The lowest BCUT2D eigenvalue weighted by molar-refractivity contribution is -0.151. The molecular formula is C28H32N8O11S2.